The number of halogens is 2. The van der Waals surface area contributed by atoms with Gasteiger partial charge in [0.2, 0.25) is 26.6 Å². The van der Waals surface area contributed by atoms with Gasteiger partial charge < -0.3 is 9.32 Å². The van der Waals surface area contributed by atoms with Crippen LogP contribution in [0.15, 0.2) is 62.9 Å². The Balaban J connectivity index is 1.79. The van der Waals surface area contributed by atoms with Crippen molar-refractivity contribution in [3.05, 3.63) is 58.6 Å². The van der Waals surface area contributed by atoms with E-state index < -0.39 is 9.84 Å². The molecule has 0 radical (unpaired) electrons. The highest BCUT2D eigenvalue weighted by Crippen LogP contribution is 2.37. The van der Waals surface area contributed by atoms with E-state index in [0.29, 0.717) is 27.4 Å². The molecule has 0 aliphatic carbocycles. The van der Waals surface area contributed by atoms with Crippen LogP contribution in [0.3, 0.4) is 0 Å². The topological polar surface area (TPSA) is 63.4 Å². The SMILES string of the molecule is CCC1CCN(c2oc(-c3ccc(Cl)cc3)nc2S(=O)(=O)c2ccc(Cl)cc2)CC1. The lowest BCUT2D eigenvalue weighted by Crippen LogP contribution is -2.34. The highest BCUT2D eigenvalue weighted by Gasteiger charge is 2.33. The first-order chi connectivity index (χ1) is 14.4. The molecule has 1 aliphatic rings. The lowest BCUT2D eigenvalue weighted by molar-refractivity contribution is 0.380. The molecule has 0 N–H and O–H groups in total. The minimum absolute atomic E-state index is 0.0651. The van der Waals surface area contributed by atoms with E-state index in [-0.39, 0.29) is 15.8 Å². The third kappa shape index (κ3) is 4.22. The summed E-state index contributed by atoms with van der Waals surface area (Å²) in [6.45, 7) is 3.65. The van der Waals surface area contributed by atoms with Crippen LogP contribution in [-0.4, -0.2) is 26.5 Å². The van der Waals surface area contributed by atoms with E-state index in [1.54, 1.807) is 36.4 Å². The number of nitrogens with zero attached hydrogens (tertiary/aromatic N) is 2. The normalized spacial score (nSPS) is 15.5. The molecule has 0 saturated carbocycles. The van der Waals surface area contributed by atoms with E-state index >= 15 is 0 Å². The Morgan fingerprint density at radius 2 is 1.57 bits per heavy atom. The van der Waals surface area contributed by atoms with Gasteiger partial charge in [-0.15, -0.1) is 0 Å². The zero-order valence-corrected chi connectivity index (χ0v) is 18.8. The van der Waals surface area contributed by atoms with E-state index in [4.69, 9.17) is 27.6 Å². The first kappa shape index (κ1) is 21.2. The minimum Gasteiger partial charge on any atom is -0.419 e. The number of hydrogen-bond acceptors (Lipinski definition) is 5. The van der Waals surface area contributed by atoms with Gasteiger partial charge in [-0.2, -0.15) is 4.98 Å². The molecule has 2 heterocycles. The summed E-state index contributed by atoms with van der Waals surface area (Å²) in [7, 11) is -3.88. The zero-order chi connectivity index (χ0) is 21.3. The second-order valence-electron chi connectivity index (χ2n) is 7.43. The number of sulfone groups is 1. The largest absolute Gasteiger partial charge is 0.419 e. The molecule has 0 amide bonds. The molecule has 1 aromatic heterocycles. The summed E-state index contributed by atoms with van der Waals surface area (Å²) < 4.78 is 32.9. The number of oxazole rings is 1. The summed E-state index contributed by atoms with van der Waals surface area (Å²) in [6.07, 6.45) is 3.11. The Labute approximate surface area is 186 Å². The third-order valence-electron chi connectivity index (χ3n) is 5.53. The van der Waals surface area contributed by atoms with Gasteiger partial charge in [-0.1, -0.05) is 36.5 Å². The Hall–Kier alpha value is -2.02. The highest BCUT2D eigenvalue weighted by molar-refractivity contribution is 7.91. The standard InChI is InChI=1S/C22H22Cl2N2O3S/c1-2-15-11-13-26(14-12-15)22-21(30(27,28)19-9-7-18(24)8-10-19)25-20(29-22)16-3-5-17(23)6-4-16/h3-10,15H,2,11-14H2,1H3. The summed E-state index contributed by atoms with van der Waals surface area (Å²) in [5.41, 5.74) is 0.668. The Morgan fingerprint density at radius 1 is 1.00 bits per heavy atom. The summed E-state index contributed by atoms with van der Waals surface area (Å²) in [5, 5.41) is 0.990. The third-order valence-corrected chi connectivity index (χ3v) is 7.70. The monoisotopic (exact) mass is 464 g/mol. The van der Waals surface area contributed by atoms with Crippen molar-refractivity contribution in [2.75, 3.05) is 18.0 Å². The molecule has 1 aliphatic heterocycles. The van der Waals surface area contributed by atoms with Crippen LogP contribution >= 0.6 is 23.2 Å². The van der Waals surface area contributed by atoms with Crippen LogP contribution in [0.5, 0.6) is 0 Å². The lowest BCUT2D eigenvalue weighted by Gasteiger charge is -2.31. The van der Waals surface area contributed by atoms with E-state index in [1.165, 1.54) is 12.1 Å². The molecule has 3 aromatic rings. The molecule has 1 saturated heterocycles. The molecule has 30 heavy (non-hydrogen) atoms. The van der Waals surface area contributed by atoms with Crippen LogP contribution in [0.4, 0.5) is 5.88 Å². The first-order valence-electron chi connectivity index (χ1n) is 9.91. The van der Waals surface area contributed by atoms with Crippen molar-refractivity contribution in [3.63, 3.8) is 0 Å². The van der Waals surface area contributed by atoms with E-state index in [9.17, 15) is 8.42 Å². The molecule has 5 nitrogen and oxygen atoms in total. The second-order valence-corrected chi connectivity index (χ2v) is 10.2. The van der Waals surface area contributed by atoms with Gasteiger partial charge in [0.25, 0.3) is 0 Å². The highest BCUT2D eigenvalue weighted by atomic mass is 35.5. The maximum Gasteiger partial charge on any atom is 0.236 e. The predicted molar refractivity (Wildman–Crippen MR) is 119 cm³/mol. The van der Waals surface area contributed by atoms with Crippen LogP contribution in [0.2, 0.25) is 10.0 Å². The van der Waals surface area contributed by atoms with Gasteiger partial charge in [0.05, 0.1) is 4.90 Å². The van der Waals surface area contributed by atoms with Gasteiger partial charge in [0.15, 0.2) is 0 Å². The number of hydrogen-bond donors (Lipinski definition) is 0. The fourth-order valence-electron chi connectivity index (χ4n) is 3.66. The maximum absolute atomic E-state index is 13.4. The number of piperidine rings is 1. The van der Waals surface area contributed by atoms with Gasteiger partial charge in [0.1, 0.15) is 0 Å². The van der Waals surface area contributed by atoms with Gasteiger partial charge in [-0.3, -0.25) is 0 Å². The summed E-state index contributed by atoms with van der Waals surface area (Å²) >= 11 is 11.9. The summed E-state index contributed by atoms with van der Waals surface area (Å²) in [6, 6.07) is 13.1. The van der Waals surface area contributed by atoms with E-state index in [1.807, 2.05) is 4.90 Å². The van der Waals surface area contributed by atoms with Gasteiger partial charge in [-0.25, -0.2) is 8.42 Å². The molecule has 0 bridgehead atoms. The number of anilines is 1. The average molecular weight is 465 g/mol. The fourth-order valence-corrected chi connectivity index (χ4v) is 5.23. The molecule has 158 valence electrons. The average Bonchev–Trinajstić information content (AvgIpc) is 3.21. The van der Waals surface area contributed by atoms with Crippen molar-refractivity contribution in [1.82, 2.24) is 4.98 Å². The Morgan fingerprint density at radius 3 is 2.13 bits per heavy atom. The van der Waals surface area contributed by atoms with Crippen LogP contribution in [0.1, 0.15) is 26.2 Å². The Kier molecular flexibility index (Phi) is 6.09. The minimum atomic E-state index is -3.88. The molecule has 0 unspecified atom stereocenters. The van der Waals surface area contributed by atoms with Crippen molar-refractivity contribution in [1.29, 1.82) is 0 Å². The predicted octanol–water partition coefficient (Wildman–Crippen LogP) is 6.11. The van der Waals surface area contributed by atoms with Gasteiger partial charge in [0, 0.05) is 28.7 Å². The molecular weight excluding hydrogens is 443 g/mol. The fraction of sp³-hybridized carbons (Fsp3) is 0.318. The molecule has 0 atom stereocenters. The van der Waals surface area contributed by atoms with E-state index in [2.05, 4.69) is 11.9 Å². The Bertz CT molecular complexity index is 1120. The second kappa shape index (κ2) is 8.61. The summed E-state index contributed by atoms with van der Waals surface area (Å²) in [5.74, 6) is 1.20. The number of rotatable bonds is 5. The zero-order valence-electron chi connectivity index (χ0n) is 16.5. The number of benzene rings is 2. The maximum atomic E-state index is 13.4. The first-order valence-corrected chi connectivity index (χ1v) is 12.1. The van der Waals surface area contributed by atoms with Gasteiger partial charge >= 0.3 is 0 Å². The van der Waals surface area contributed by atoms with Crippen molar-refractivity contribution >= 4 is 38.9 Å². The summed E-state index contributed by atoms with van der Waals surface area (Å²) in [4.78, 5) is 6.54. The smallest absolute Gasteiger partial charge is 0.236 e. The van der Waals surface area contributed by atoms with Crippen LogP contribution in [-0.2, 0) is 9.84 Å². The molecular formula is C22H22Cl2N2O3S. The van der Waals surface area contributed by atoms with Crippen molar-refractivity contribution in [2.45, 2.75) is 36.1 Å². The molecule has 1 fully saturated rings. The van der Waals surface area contributed by atoms with E-state index in [0.717, 1.165) is 32.4 Å². The molecule has 8 heteroatoms. The van der Waals surface area contributed by atoms with Crippen molar-refractivity contribution in [3.8, 4) is 11.5 Å². The van der Waals surface area contributed by atoms with Crippen LogP contribution in [0.25, 0.3) is 11.5 Å². The molecule has 2 aromatic carbocycles. The van der Waals surface area contributed by atoms with Crippen molar-refractivity contribution < 1.29 is 12.8 Å². The lowest BCUT2D eigenvalue weighted by atomic mass is 9.95. The van der Waals surface area contributed by atoms with Crippen molar-refractivity contribution in [2.24, 2.45) is 5.92 Å². The quantitative estimate of drug-likeness (QED) is 0.455. The molecule has 4 rings (SSSR count). The molecule has 0 spiro atoms. The van der Waals surface area contributed by atoms with Gasteiger partial charge in [-0.05, 0) is 67.3 Å². The number of aromatic nitrogens is 1. The van der Waals surface area contributed by atoms with Crippen LogP contribution < -0.4 is 4.90 Å². The van der Waals surface area contributed by atoms with Crippen LogP contribution in [0, 0.1) is 5.92 Å².